The van der Waals surface area contributed by atoms with Gasteiger partial charge < -0.3 is 15.4 Å². The van der Waals surface area contributed by atoms with Crippen molar-refractivity contribution in [2.24, 2.45) is 5.73 Å². The van der Waals surface area contributed by atoms with Crippen LogP contribution in [0.1, 0.15) is 31.2 Å². The van der Waals surface area contributed by atoms with Gasteiger partial charge in [0, 0.05) is 12.6 Å². The second-order valence-electron chi connectivity index (χ2n) is 5.34. The predicted molar refractivity (Wildman–Crippen MR) is 79.7 cm³/mol. The van der Waals surface area contributed by atoms with Gasteiger partial charge in [0.25, 0.3) is 0 Å². The lowest BCUT2D eigenvalue weighted by Gasteiger charge is -2.35. The molecule has 2 N–H and O–H groups in total. The number of likely N-dealkylation sites (tertiary alicyclic amines) is 1. The van der Waals surface area contributed by atoms with Crippen molar-refractivity contribution in [3.05, 3.63) is 29.8 Å². The first kappa shape index (κ1) is 14.9. The van der Waals surface area contributed by atoms with E-state index in [-0.39, 0.29) is 5.91 Å². The number of ether oxygens (including phenoxy) is 1. The first-order valence-corrected chi connectivity index (χ1v) is 7.37. The average Bonchev–Trinajstić information content (AvgIpc) is 2.48. The van der Waals surface area contributed by atoms with E-state index >= 15 is 0 Å². The molecule has 1 atom stereocenters. The zero-order chi connectivity index (χ0) is 14.4. The van der Waals surface area contributed by atoms with Gasteiger partial charge in [-0.05, 0) is 49.9 Å². The molecule has 1 amide bonds. The van der Waals surface area contributed by atoms with E-state index in [9.17, 15) is 4.79 Å². The second-order valence-corrected chi connectivity index (χ2v) is 5.34. The molecule has 110 valence electrons. The topological polar surface area (TPSA) is 55.6 Å². The van der Waals surface area contributed by atoms with E-state index in [4.69, 9.17) is 10.5 Å². The molecule has 1 heterocycles. The predicted octanol–water partition coefficient (Wildman–Crippen LogP) is 1.97. The molecule has 1 aliphatic heterocycles. The van der Waals surface area contributed by atoms with Gasteiger partial charge in [-0.1, -0.05) is 12.1 Å². The second kappa shape index (κ2) is 7.29. The molecular formula is C16H24N2O2. The molecule has 0 radical (unpaired) electrons. The number of piperidine rings is 1. The summed E-state index contributed by atoms with van der Waals surface area (Å²) in [6.45, 7) is 1.51. The van der Waals surface area contributed by atoms with E-state index in [1.807, 2.05) is 29.2 Å². The van der Waals surface area contributed by atoms with Crippen LogP contribution in [0.2, 0.25) is 0 Å². The van der Waals surface area contributed by atoms with Crippen LogP contribution in [0.4, 0.5) is 0 Å². The summed E-state index contributed by atoms with van der Waals surface area (Å²) in [6.07, 6.45) is 4.74. The van der Waals surface area contributed by atoms with Crippen molar-refractivity contribution in [3.63, 3.8) is 0 Å². The van der Waals surface area contributed by atoms with E-state index in [0.717, 1.165) is 37.1 Å². The number of nitrogens with two attached hydrogens (primary N) is 1. The van der Waals surface area contributed by atoms with Crippen molar-refractivity contribution in [1.82, 2.24) is 4.90 Å². The maximum absolute atomic E-state index is 12.5. The summed E-state index contributed by atoms with van der Waals surface area (Å²) in [5.41, 5.74) is 6.66. The summed E-state index contributed by atoms with van der Waals surface area (Å²) in [5.74, 6) is 1.00. The number of hydrogen-bond acceptors (Lipinski definition) is 3. The molecule has 0 spiro atoms. The number of hydrogen-bond donors (Lipinski definition) is 1. The molecule has 4 heteroatoms. The van der Waals surface area contributed by atoms with Crippen LogP contribution in [0, 0.1) is 0 Å². The first-order chi connectivity index (χ1) is 9.74. The average molecular weight is 276 g/mol. The van der Waals surface area contributed by atoms with Gasteiger partial charge in [0.05, 0.1) is 13.5 Å². The molecule has 0 bridgehead atoms. The molecule has 0 saturated carbocycles. The van der Waals surface area contributed by atoms with Crippen molar-refractivity contribution < 1.29 is 9.53 Å². The molecule has 0 aliphatic carbocycles. The summed E-state index contributed by atoms with van der Waals surface area (Å²) in [4.78, 5) is 14.5. The Kier molecular flexibility index (Phi) is 5.41. The standard InChI is InChI=1S/C16H24N2O2/c1-20-15-7-4-5-13(11-15)12-16(19)18-10-3-2-6-14(18)8-9-17/h4-5,7,11,14H,2-3,6,8-10,12,17H2,1H3. The molecule has 0 aromatic heterocycles. The molecule has 4 nitrogen and oxygen atoms in total. The monoisotopic (exact) mass is 276 g/mol. The normalized spacial score (nSPS) is 18.9. The zero-order valence-corrected chi connectivity index (χ0v) is 12.2. The van der Waals surface area contributed by atoms with E-state index in [2.05, 4.69) is 0 Å². The minimum absolute atomic E-state index is 0.205. The highest BCUT2D eigenvalue weighted by Gasteiger charge is 2.25. The lowest BCUT2D eigenvalue weighted by molar-refractivity contribution is -0.134. The molecule has 1 aromatic rings. The largest absolute Gasteiger partial charge is 0.497 e. The number of carbonyl (C=O) groups excluding carboxylic acids is 1. The van der Waals surface area contributed by atoms with Crippen molar-refractivity contribution in [2.75, 3.05) is 20.2 Å². The molecule has 1 unspecified atom stereocenters. The summed E-state index contributed by atoms with van der Waals surface area (Å²) in [6, 6.07) is 8.05. The minimum Gasteiger partial charge on any atom is -0.497 e. The van der Waals surface area contributed by atoms with Crippen LogP contribution < -0.4 is 10.5 Å². The SMILES string of the molecule is COc1cccc(CC(=O)N2CCCCC2CCN)c1. The van der Waals surface area contributed by atoms with Crippen LogP contribution in [0.3, 0.4) is 0 Å². The lowest BCUT2D eigenvalue weighted by atomic mass is 9.98. The van der Waals surface area contributed by atoms with Crippen LogP contribution in [-0.2, 0) is 11.2 Å². The lowest BCUT2D eigenvalue weighted by Crippen LogP contribution is -2.45. The van der Waals surface area contributed by atoms with Gasteiger partial charge in [-0.15, -0.1) is 0 Å². The molecule has 1 aliphatic rings. The Balaban J connectivity index is 2.01. The van der Waals surface area contributed by atoms with Crippen molar-refractivity contribution in [3.8, 4) is 5.75 Å². The van der Waals surface area contributed by atoms with Crippen LogP contribution in [0.25, 0.3) is 0 Å². The fraction of sp³-hybridized carbons (Fsp3) is 0.562. The Hall–Kier alpha value is -1.55. The molecule has 1 saturated heterocycles. The Bertz CT molecular complexity index is 446. The van der Waals surface area contributed by atoms with Crippen molar-refractivity contribution in [2.45, 2.75) is 38.1 Å². The number of rotatable bonds is 5. The number of amides is 1. The molecule has 20 heavy (non-hydrogen) atoms. The highest BCUT2D eigenvalue weighted by atomic mass is 16.5. The number of carbonyl (C=O) groups is 1. The Morgan fingerprint density at radius 1 is 1.45 bits per heavy atom. The summed E-state index contributed by atoms with van der Waals surface area (Å²) in [7, 11) is 1.64. The molecule has 2 rings (SSSR count). The highest BCUT2D eigenvalue weighted by Crippen LogP contribution is 2.21. The van der Waals surface area contributed by atoms with Gasteiger partial charge in [0.15, 0.2) is 0 Å². The molecule has 1 fully saturated rings. The Morgan fingerprint density at radius 2 is 2.30 bits per heavy atom. The maximum atomic E-state index is 12.5. The third-order valence-corrected chi connectivity index (χ3v) is 3.94. The molecule has 1 aromatic carbocycles. The van der Waals surface area contributed by atoms with E-state index in [1.54, 1.807) is 7.11 Å². The van der Waals surface area contributed by atoms with Gasteiger partial charge in [-0.3, -0.25) is 4.79 Å². The van der Waals surface area contributed by atoms with Gasteiger partial charge in [-0.2, -0.15) is 0 Å². The minimum atomic E-state index is 0.205. The van der Waals surface area contributed by atoms with E-state index in [1.165, 1.54) is 6.42 Å². The van der Waals surface area contributed by atoms with Gasteiger partial charge >= 0.3 is 0 Å². The van der Waals surface area contributed by atoms with Gasteiger partial charge in [0.1, 0.15) is 5.75 Å². The quantitative estimate of drug-likeness (QED) is 0.894. The summed E-state index contributed by atoms with van der Waals surface area (Å²) in [5, 5.41) is 0. The van der Waals surface area contributed by atoms with Crippen LogP contribution >= 0.6 is 0 Å². The fourth-order valence-corrected chi connectivity index (χ4v) is 2.88. The first-order valence-electron chi connectivity index (χ1n) is 7.37. The van der Waals surface area contributed by atoms with E-state index < -0.39 is 0 Å². The van der Waals surface area contributed by atoms with E-state index in [0.29, 0.717) is 19.0 Å². The Labute approximate surface area is 120 Å². The number of benzene rings is 1. The fourth-order valence-electron chi connectivity index (χ4n) is 2.88. The maximum Gasteiger partial charge on any atom is 0.227 e. The van der Waals surface area contributed by atoms with Crippen LogP contribution in [0.5, 0.6) is 5.75 Å². The molecular weight excluding hydrogens is 252 g/mol. The Morgan fingerprint density at radius 3 is 3.05 bits per heavy atom. The van der Waals surface area contributed by atoms with Crippen LogP contribution in [0.15, 0.2) is 24.3 Å². The summed E-state index contributed by atoms with van der Waals surface area (Å²) < 4.78 is 5.20. The number of nitrogens with zero attached hydrogens (tertiary/aromatic N) is 1. The third kappa shape index (κ3) is 3.73. The third-order valence-electron chi connectivity index (χ3n) is 3.94. The summed E-state index contributed by atoms with van der Waals surface area (Å²) >= 11 is 0. The van der Waals surface area contributed by atoms with Gasteiger partial charge in [-0.25, -0.2) is 0 Å². The van der Waals surface area contributed by atoms with Crippen LogP contribution in [-0.4, -0.2) is 37.0 Å². The van der Waals surface area contributed by atoms with Crippen molar-refractivity contribution >= 4 is 5.91 Å². The van der Waals surface area contributed by atoms with Gasteiger partial charge in [0.2, 0.25) is 5.91 Å². The smallest absolute Gasteiger partial charge is 0.227 e. The highest BCUT2D eigenvalue weighted by molar-refractivity contribution is 5.79. The zero-order valence-electron chi connectivity index (χ0n) is 12.2. The number of methoxy groups -OCH3 is 1. The van der Waals surface area contributed by atoms with Crippen molar-refractivity contribution in [1.29, 1.82) is 0 Å².